The van der Waals surface area contributed by atoms with Gasteiger partial charge in [-0.2, -0.15) is 0 Å². The normalized spacial score (nSPS) is 29.6. The molecule has 1 unspecified atom stereocenters. The molecule has 0 aromatic carbocycles. The number of aliphatic hydroxyl groups is 1. The molecule has 2 fully saturated rings. The van der Waals surface area contributed by atoms with E-state index in [0.29, 0.717) is 6.54 Å². The largest absolute Gasteiger partial charge is 0.390 e. The standard InChI is InChI=1S/C14H28N2O/c15-10-14(17)11-16-8-4-7-13(16)9-12-5-2-1-3-6-12/h12-14,17H,1-11,15H2/t13?,14-/m0/s1. The van der Waals surface area contributed by atoms with Gasteiger partial charge in [0.2, 0.25) is 0 Å². The Kier molecular flexibility index (Phi) is 5.26. The van der Waals surface area contributed by atoms with E-state index in [4.69, 9.17) is 5.73 Å². The molecule has 3 heteroatoms. The van der Waals surface area contributed by atoms with Gasteiger partial charge >= 0.3 is 0 Å². The molecule has 100 valence electrons. The zero-order chi connectivity index (χ0) is 12.1. The quantitative estimate of drug-likeness (QED) is 0.769. The molecule has 2 aliphatic rings. The van der Waals surface area contributed by atoms with Crippen LogP contribution in [0.25, 0.3) is 0 Å². The zero-order valence-corrected chi connectivity index (χ0v) is 11.0. The average molecular weight is 240 g/mol. The van der Waals surface area contributed by atoms with E-state index in [-0.39, 0.29) is 6.10 Å². The third-order valence-electron chi connectivity index (χ3n) is 4.55. The van der Waals surface area contributed by atoms with E-state index in [0.717, 1.165) is 25.0 Å². The third kappa shape index (κ3) is 3.94. The van der Waals surface area contributed by atoms with Crippen molar-refractivity contribution < 1.29 is 5.11 Å². The van der Waals surface area contributed by atoms with Crippen molar-refractivity contribution in [2.75, 3.05) is 19.6 Å². The maximum atomic E-state index is 9.68. The van der Waals surface area contributed by atoms with Crippen molar-refractivity contribution in [2.45, 2.75) is 63.5 Å². The summed E-state index contributed by atoms with van der Waals surface area (Å²) in [6.45, 7) is 2.34. The van der Waals surface area contributed by atoms with Gasteiger partial charge in [-0.15, -0.1) is 0 Å². The highest BCUT2D eigenvalue weighted by Gasteiger charge is 2.28. The second-order valence-electron chi connectivity index (χ2n) is 5.92. The molecule has 0 aromatic heterocycles. The molecule has 3 N–H and O–H groups in total. The fourth-order valence-electron chi connectivity index (χ4n) is 3.56. The lowest BCUT2D eigenvalue weighted by Gasteiger charge is -2.31. The molecule has 0 radical (unpaired) electrons. The molecule has 1 heterocycles. The van der Waals surface area contributed by atoms with Gasteiger partial charge in [-0.1, -0.05) is 32.1 Å². The summed E-state index contributed by atoms with van der Waals surface area (Å²) in [5.74, 6) is 0.948. The lowest BCUT2D eigenvalue weighted by Crippen LogP contribution is -2.40. The second kappa shape index (κ2) is 6.72. The molecule has 1 saturated heterocycles. The van der Waals surface area contributed by atoms with Gasteiger partial charge in [0, 0.05) is 19.1 Å². The van der Waals surface area contributed by atoms with Crippen LogP contribution in [0, 0.1) is 5.92 Å². The van der Waals surface area contributed by atoms with Gasteiger partial charge in [0.25, 0.3) is 0 Å². The van der Waals surface area contributed by atoms with Gasteiger partial charge in [-0.3, -0.25) is 4.90 Å². The Labute approximate surface area is 105 Å². The monoisotopic (exact) mass is 240 g/mol. The SMILES string of the molecule is NC[C@H](O)CN1CCCC1CC1CCCCC1. The summed E-state index contributed by atoms with van der Waals surface area (Å²) in [4.78, 5) is 2.48. The van der Waals surface area contributed by atoms with Crippen molar-refractivity contribution in [3.63, 3.8) is 0 Å². The van der Waals surface area contributed by atoms with Crippen molar-refractivity contribution in [3.05, 3.63) is 0 Å². The van der Waals surface area contributed by atoms with E-state index < -0.39 is 0 Å². The second-order valence-corrected chi connectivity index (χ2v) is 5.92. The highest BCUT2D eigenvalue weighted by Crippen LogP contribution is 2.31. The molecular weight excluding hydrogens is 212 g/mol. The van der Waals surface area contributed by atoms with E-state index in [1.165, 1.54) is 51.4 Å². The van der Waals surface area contributed by atoms with Crippen LogP contribution in [0.2, 0.25) is 0 Å². The first kappa shape index (κ1) is 13.3. The fourth-order valence-corrected chi connectivity index (χ4v) is 3.56. The van der Waals surface area contributed by atoms with Gasteiger partial charge in [-0.25, -0.2) is 0 Å². The highest BCUT2D eigenvalue weighted by atomic mass is 16.3. The van der Waals surface area contributed by atoms with Crippen LogP contribution in [0.15, 0.2) is 0 Å². The Balaban J connectivity index is 1.77. The van der Waals surface area contributed by atoms with E-state index in [2.05, 4.69) is 4.90 Å². The fraction of sp³-hybridized carbons (Fsp3) is 1.00. The minimum Gasteiger partial charge on any atom is -0.390 e. The Bertz CT molecular complexity index is 216. The van der Waals surface area contributed by atoms with Crippen LogP contribution < -0.4 is 5.73 Å². The molecule has 1 aliphatic heterocycles. The van der Waals surface area contributed by atoms with E-state index >= 15 is 0 Å². The minimum atomic E-state index is -0.332. The molecule has 0 aromatic rings. The van der Waals surface area contributed by atoms with Crippen molar-refractivity contribution in [1.29, 1.82) is 0 Å². The van der Waals surface area contributed by atoms with Gasteiger partial charge in [-0.05, 0) is 31.7 Å². The van der Waals surface area contributed by atoms with Gasteiger partial charge in [0.05, 0.1) is 6.10 Å². The minimum absolute atomic E-state index is 0.332. The average Bonchev–Trinajstić information content (AvgIpc) is 2.78. The molecule has 2 atom stereocenters. The van der Waals surface area contributed by atoms with Crippen LogP contribution in [0.5, 0.6) is 0 Å². The first-order valence-electron chi connectivity index (χ1n) is 7.41. The molecule has 1 saturated carbocycles. The van der Waals surface area contributed by atoms with Crippen molar-refractivity contribution in [1.82, 2.24) is 4.90 Å². The number of hydrogen-bond donors (Lipinski definition) is 2. The smallest absolute Gasteiger partial charge is 0.0789 e. The zero-order valence-electron chi connectivity index (χ0n) is 11.0. The van der Waals surface area contributed by atoms with Crippen LogP contribution in [0.3, 0.4) is 0 Å². The molecule has 0 amide bonds. The molecule has 2 rings (SSSR count). The maximum absolute atomic E-state index is 9.68. The lowest BCUT2D eigenvalue weighted by molar-refractivity contribution is 0.101. The Morgan fingerprint density at radius 2 is 1.88 bits per heavy atom. The summed E-state index contributed by atoms with van der Waals surface area (Å²) in [5, 5.41) is 9.68. The summed E-state index contributed by atoms with van der Waals surface area (Å²) in [5.41, 5.74) is 5.50. The molecule has 0 bridgehead atoms. The Morgan fingerprint density at radius 1 is 1.12 bits per heavy atom. The van der Waals surface area contributed by atoms with Crippen LogP contribution in [0.1, 0.15) is 51.4 Å². The summed E-state index contributed by atoms with van der Waals surface area (Å²) < 4.78 is 0. The summed E-state index contributed by atoms with van der Waals surface area (Å²) >= 11 is 0. The summed E-state index contributed by atoms with van der Waals surface area (Å²) in [6, 6.07) is 0.722. The third-order valence-corrected chi connectivity index (χ3v) is 4.55. The number of aliphatic hydroxyl groups excluding tert-OH is 1. The van der Waals surface area contributed by atoms with Crippen LogP contribution in [-0.4, -0.2) is 41.8 Å². The number of nitrogens with two attached hydrogens (primary N) is 1. The Hall–Kier alpha value is -0.120. The summed E-state index contributed by atoms with van der Waals surface area (Å²) in [6.07, 6.45) is 10.8. The summed E-state index contributed by atoms with van der Waals surface area (Å²) in [7, 11) is 0. The van der Waals surface area contributed by atoms with Gasteiger partial charge in [0.1, 0.15) is 0 Å². The van der Waals surface area contributed by atoms with Gasteiger partial charge in [0.15, 0.2) is 0 Å². The van der Waals surface area contributed by atoms with Crippen LogP contribution in [0.4, 0.5) is 0 Å². The molecule has 1 aliphatic carbocycles. The van der Waals surface area contributed by atoms with Crippen LogP contribution in [-0.2, 0) is 0 Å². The molecule has 0 spiro atoms. The topological polar surface area (TPSA) is 49.5 Å². The number of likely N-dealkylation sites (tertiary alicyclic amines) is 1. The van der Waals surface area contributed by atoms with Crippen molar-refractivity contribution in [3.8, 4) is 0 Å². The van der Waals surface area contributed by atoms with Crippen molar-refractivity contribution >= 4 is 0 Å². The molecule has 3 nitrogen and oxygen atoms in total. The number of hydrogen-bond acceptors (Lipinski definition) is 3. The predicted molar refractivity (Wildman–Crippen MR) is 70.8 cm³/mol. The van der Waals surface area contributed by atoms with Crippen LogP contribution >= 0.6 is 0 Å². The van der Waals surface area contributed by atoms with Gasteiger partial charge < -0.3 is 10.8 Å². The molecular formula is C14H28N2O. The predicted octanol–water partition coefficient (Wildman–Crippen LogP) is 1.74. The number of β-amino-alcohol motifs (C(OH)–C–C–N with tert-alkyl or cyclic N) is 1. The highest BCUT2D eigenvalue weighted by molar-refractivity contribution is 4.83. The first-order valence-corrected chi connectivity index (χ1v) is 7.41. The lowest BCUT2D eigenvalue weighted by atomic mass is 9.84. The van der Waals surface area contributed by atoms with E-state index in [1.807, 2.05) is 0 Å². The van der Waals surface area contributed by atoms with E-state index in [1.54, 1.807) is 0 Å². The number of rotatable bonds is 5. The Morgan fingerprint density at radius 3 is 2.59 bits per heavy atom. The molecule has 17 heavy (non-hydrogen) atoms. The van der Waals surface area contributed by atoms with E-state index in [9.17, 15) is 5.11 Å². The van der Waals surface area contributed by atoms with Crippen molar-refractivity contribution in [2.24, 2.45) is 11.7 Å². The first-order chi connectivity index (χ1) is 8.29. The maximum Gasteiger partial charge on any atom is 0.0789 e. The number of nitrogens with zero attached hydrogens (tertiary/aromatic N) is 1.